The highest BCUT2D eigenvalue weighted by Crippen LogP contribution is 2.34. The molecule has 0 atom stereocenters. The van der Waals surface area contributed by atoms with E-state index in [9.17, 15) is 4.39 Å². The van der Waals surface area contributed by atoms with Gasteiger partial charge in [0.2, 0.25) is 0 Å². The van der Waals surface area contributed by atoms with Gasteiger partial charge in [0.25, 0.3) is 0 Å². The van der Waals surface area contributed by atoms with Gasteiger partial charge >= 0.3 is 0 Å². The first-order chi connectivity index (χ1) is 12.2. The highest BCUT2D eigenvalue weighted by molar-refractivity contribution is 5.11. The number of nitriles is 1. The summed E-state index contributed by atoms with van der Waals surface area (Å²) < 4.78 is 19.0. The molecule has 0 aromatic heterocycles. The molecule has 3 heteroatoms. The molecule has 0 spiro atoms. The van der Waals surface area contributed by atoms with Crippen LogP contribution in [0.15, 0.2) is 11.9 Å². The van der Waals surface area contributed by atoms with E-state index in [1.54, 1.807) is 6.07 Å². The molecule has 0 bridgehead atoms. The first kappa shape index (κ1) is 20.4. The molecule has 0 aromatic rings. The number of halogens is 1. The minimum absolute atomic E-state index is 0.445. The predicted octanol–water partition coefficient (Wildman–Crippen LogP) is 6.72. The highest BCUT2D eigenvalue weighted by atomic mass is 19.1. The molecule has 0 heterocycles. The molecule has 0 saturated heterocycles. The maximum Gasteiger partial charge on any atom is 0.196 e. The summed E-state index contributed by atoms with van der Waals surface area (Å²) in [7, 11) is 0. The summed E-state index contributed by atoms with van der Waals surface area (Å²) >= 11 is 0. The van der Waals surface area contributed by atoms with E-state index in [1.165, 1.54) is 63.9 Å². The molecule has 0 radical (unpaired) electrons. The number of ether oxygens (including phenoxy) is 1. The Bertz CT molecular complexity index is 426. The van der Waals surface area contributed by atoms with Crippen molar-refractivity contribution in [2.45, 2.75) is 96.5 Å². The van der Waals surface area contributed by atoms with Crippen LogP contribution in [0.4, 0.5) is 4.39 Å². The molecular weight excluding hydrogens is 313 g/mol. The fourth-order valence-corrected chi connectivity index (χ4v) is 4.53. The van der Waals surface area contributed by atoms with Crippen LogP contribution in [0, 0.1) is 29.1 Å². The first-order valence-corrected chi connectivity index (χ1v) is 10.6. The monoisotopic (exact) mass is 349 g/mol. The summed E-state index contributed by atoms with van der Waals surface area (Å²) in [6.07, 6.45) is 18.0. The second-order valence-electron chi connectivity index (χ2n) is 8.25. The molecule has 25 heavy (non-hydrogen) atoms. The van der Waals surface area contributed by atoms with Gasteiger partial charge in [-0.15, -0.1) is 0 Å². The maximum atomic E-state index is 12.8. The number of hydrogen-bond donors (Lipinski definition) is 0. The Morgan fingerprint density at radius 2 is 1.60 bits per heavy atom. The molecule has 2 saturated carbocycles. The summed E-state index contributed by atoms with van der Waals surface area (Å²) in [5.41, 5.74) is 0. The van der Waals surface area contributed by atoms with E-state index < -0.39 is 5.83 Å². The van der Waals surface area contributed by atoms with Crippen LogP contribution >= 0.6 is 0 Å². The summed E-state index contributed by atoms with van der Waals surface area (Å²) in [5.74, 6) is 1.80. The van der Waals surface area contributed by atoms with Crippen LogP contribution < -0.4 is 0 Å². The molecule has 2 aliphatic rings. The summed E-state index contributed by atoms with van der Waals surface area (Å²) in [4.78, 5) is 0. The molecule has 142 valence electrons. The lowest BCUT2D eigenvalue weighted by atomic mass is 9.80. The lowest BCUT2D eigenvalue weighted by Crippen LogP contribution is -2.26. The average molecular weight is 350 g/mol. The van der Waals surface area contributed by atoms with Crippen molar-refractivity contribution in [3.05, 3.63) is 11.9 Å². The third-order valence-corrected chi connectivity index (χ3v) is 6.30. The lowest BCUT2D eigenvalue weighted by molar-refractivity contribution is -0.0102. The van der Waals surface area contributed by atoms with Crippen molar-refractivity contribution in [1.82, 2.24) is 0 Å². The average Bonchev–Trinajstić information content (AvgIpc) is 2.66. The van der Waals surface area contributed by atoms with Gasteiger partial charge in [0.05, 0.1) is 6.10 Å². The first-order valence-electron chi connectivity index (χ1n) is 10.6. The Hall–Kier alpha value is -0.880. The van der Waals surface area contributed by atoms with Crippen molar-refractivity contribution in [2.75, 3.05) is 6.61 Å². The van der Waals surface area contributed by atoms with Gasteiger partial charge in [-0.3, -0.25) is 0 Å². The molecule has 2 fully saturated rings. The van der Waals surface area contributed by atoms with Gasteiger partial charge in [0.15, 0.2) is 5.83 Å². The van der Waals surface area contributed by atoms with Gasteiger partial charge < -0.3 is 4.74 Å². The lowest BCUT2D eigenvalue weighted by Gasteiger charge is -2.32. The highest BCUT2D eigenvalue weighted by Gasteiger charge is 2.24. The van der Waals surface area contributed by atoms with E-state index in [4.69, 9.17) is 10.00 Å². The van der Waals surface area contributed by atoms with Gasteiger partial charge in [-0.2, -0.15) is 9.65 Å². The van der Waals surface area contributed by atoms with Crippen molar-refractivity contribution < 1.29 is 9.13 Å². The van der Waals surface area contributed by atoms with E-state index >= 15 is 0 Å². The Kier molecular flexibility index (Phi) is 9.55. The molecule has 0 unspecified atom stereocenters. The quantitative estimate of drug-likeness (QED) is 0.433. The van der Waals surface area contributed by atoms with Gasteiger partial charge in [-0.25, -0.2) is 0 Å². The van der Waals surface area contributed by atoms with Gasteiger partial charge in [-0.05, 0) is 75.2 Å². The van der Waals surface area contributed by atoms with E-state index in [0.717, 1.165) is 37.7 Å². The van der Waals surface area contributed by atoms with Crippen LogP contribution in [-0.2, 0) is 4.74 Å². The smallest absolute Gasteiger partial charge is 0.196 e. The maximum absolute atomic E-state index is 12.8. The van der Waals surface area contributed by atoms with Gasteiger partial charge in [0.1, 0.15) is 6.07 Å². The van der Waals surface area contributed by atoms with E-state index in [0.29, 0.717) is 18.4 Å². The van der Waals surface area contributed by atoms with Gasteiger partial charge in [-0.1, -0.05) is 39.0 Å². The Morgan fingerprint density at radius 3 is 2.24 bits per heavy atom. The zero-order valence-corrected chi connectivity index (χ0v) is 16.0. The fourth-order valence-electron chi connectivity index (χ4n) is 4.53. The van der Waals surface area contributed by atoms with Crippen LogP contribution in [0.3, 0.4) is 0 Å². The standard InChI is InChI=1S/C22H36FNO/c1-2-3-5-18-8-10-20(11-9-18)17-25-22-14-12-19(13-15-22)6-4-7-21(23)16-24/h7,18-20,22H,2-6,8-15,17H2,1H3. The normalized spacial score (nSPS) is 30.8. The topological polar surface area (TPSA) is 33.0 Å². The van der Waals surface area contributed by atoms with Crippen molar-refractivity contribution in [2.24, 2.45) is 17.8 Å². The number of rotatable bonds is 9. The Balaban J connectivity index is 1.53. The van der Waals surface area contributed by atoms with Crippen molar-refractivity contribution >= 4 is 0 Å². The molecule has 2 nitrogen and oxygen atoms in total. The zero-order chi connectivity index (χ0) is 17.9. The Morgan fingerprint density at radius 1 is 1.00 bits per heavy atom. The molecule has 2 rings (SSSR count). The minimum Gasteiger partial charge on any atom is -0.378 e. The number of nitrogens with zero attached hydrogens (tertiary/aromatic N) is 1. The van der Waals surface area contributed by atoms with E-state index in [-0.39, 0.29) is 0 Å². The fraction of sp³-hybridized carbons (Fsp3) is 0.864. The number of hydrogen-bond acceptors (Lipinski definition) is 2. The van der Waals surface area contributed by atoms with Crippen molar-refractivity contribution in [3.8, 4) is 6.07 Å². The van der Waals surface area contributed by atoms with Gasteiger partial charge in [0, 0.05) is 6.61 Å². The Labute approximate surface area is 153 Å². The molecule has 2 aliphatic carbocycles. The largest absolute Gasteiger partial charge is 0.378 e. The van der Waals surface area contributed by atoms with Crippen LogP contribution in [0.2, 0.25) is 0 Å². The van der Waals surface area contributed by atoms with E-state index in [2.05, 4.69) is 6.92 Å². The number of unbranched alkanes of at least 4 members (excludes halogenated alkanes) is 1. The third-order valence-electron chi connectivity index (χ3n) is 6.30. The van der Waals surface area contributed by atoms with Crippen LogP contribution in [0.25, 0.3) is 0 Å². The van der Waals surface area contributed by atoms with Crippen molar-refractivity contribution in [3.63, 3.8) is 0 Å². The van der Waals surface area contributed by atoms with Crippen LogP contribution in [0.5, 0.6) is 0 Å². The molecule has 0 N–H and O–H groups in total. The third kappa shape index (κ3) is 7.90. The minimum atomic E-state index is -0.638. The second kappa shape index (κ2) is 11.7. The SMILES string of the molecule is CCCCC1CCC(COC2CCC(CCC=C(F)C#N)CC2)CC1. The number of allylic oxidation sites excluding steroid dienone is 2. The molecule has 0 aromatic carbocycles. The second-order valence-corrected chi connectivity index (χ2v) is 8.25. The van der Waals surface area contributed by atoms with Crippen molar-refractivity contribution in [1.29, 1.82) is 5.26 Å². The summed E-state index contributed by atoms with van der Waals surface area (Å²) in [6, 6.07) is 1.54. The molecule has 0 amide bonds. The predicted molar refractivity (Wildman–Crippen MR) is 101 cm³/mol. The summed E-state index contributed by atoms with van der Waals surface area (Å²) in [6.45, 7) is 3.25. The van der Waals surface area contributed by atoms with E-state index in [1.807, 2.05) is 0 Å². The zero-order valence-electron chi connectivity index (χ0n) is 16.0. The van der Waals surface area contributed by atoms with Crippen LogP contribution in [0.1, 0.15) is 90.4 Å². The van der Waals surface area contributed by atoms with Crippen LogP contribution in [-0.4, -0.2) is 12.7 Å². The molecular formula is C22H36FNO. The summed E-state index contributed by atoms with van der Waals surface area (Å²) in [5, 5.41) is 8.42. The molecule has 0 aliphatic heterocycles.